The number of rotatable bonds is 3. The van der Waals surface area contributed by atoms with Crippen molar-refractivity contribution >= 4 is 11.4 Å². The third kappa shape index (κ3) is 3.31. The molecule has 0 saturated carbocycles. The lowest BCUT2D eigenvalue weighted by Gasteiger charge is -2.33. The third-order valence-corrected chi connectivity index (χ3v) is 6.06. The van der Waals surface area contributed by atoms with E-state index in [4.69, 9.17) is 9.47 Å². The van der Waals surface area contributed by atoms with Gasteiger partial charge >= 0.3 is 0 Å². The van der Waals surface area contributed by atoms with Gasteiger partial charge in [-0.05, 0) is 36.2 Å². The normalized spacial score (nSPS) is 29.4. The van der Waals surface area contributed by atoms with Crippen LogP contribution < -0.4 is 5.32 Å². The molecule has 0 aliphatic carbocycles. The Bertz CT molecular complexity index is 861. The van der Waals surface area contributed by atoms with Crippen molar-refractivity contribution in [3.8, 4) is 0 Å². The maximum absolute atomic E-state index is 14.0. The predicted octanol–water partition coefficient (Wildman–Crippen LogP) is 3.19. The van der Waals surface area contributed by atoms with Crippen LogP contribution in [-0.2, 0) is 9.47 Å². The summed E-state index contributed by atoms with van der Waals surface area (Å²) in [7, 11) is 0. The minimum absolute atomic E-state index is 0.0406. The summed E-state index contributed by atoms with van der Waals surface area (Å²) in [6, 6.07) is 13.2. The minimum Gasteiger partial charge on any atom is -0.394 e. The van der Waals surface area contributed by atoms with Crippen molar-refractivity contribution in [1.29, 1.82) is 0 Å². The average Bonchev–Trinajstić information content (AvgIpc) is 3.08. The average molecular weight is 384 g/mol. The van der Waals surface area contributed by atoms with Crippen LogP contribution in [0.3, 0.4) is 0 Å². The van der Waals surface area contributed by atoms with E-state index in [1.807, 2.05) is 6.07 Å². The number of nitrogens with one attached hydrogen (secondary N) is 1. The number of fused-ring (bicyclic) bond motifs is 5. The zero-order valence-corrected chi connectivity index (χ0v) is 15.7. The largest absolute Gasteiger partial charge is 0.394 e. The number of para-hydroxylation sites is 1. The number of aliphatic hydroxyl groups excluding tert-OH is 1. The van der Waals surface area contributed by atoms with Gasteiger partial charge in [-0.2, -0.15) is 0 Å². The van der Waals surface area contributed by atoms with Crippen LogP contribution in [-0.4, -0.2) is 55.1 Å². The molecule has 0 amide bonds. The molecule has 0 bridgehead atoms. The zero-order valence-electron chi connectivity index (χ0n) is 15.7. The molecular formula is C22H25FN2O3. The van der Waals surface area contributed by atoms with Crippen LogP contribution in [0.5, 0.6) is 0 Å². The minimum atomic E-state index is -0.240. The standard InChI is InChI=1S/C22H25FN2O3/c23-14-5-6-21-19(9-14)22-18(17-3-1-2-4-20(17)24-21)10-15(28-22)11-25-7-8-27-16(12-25)13-26/h1-6,9,15-16,18,22,24,26H,7-8,10-13H2. The van der Waals surface area contributed by atoms with Gasteiger partial charge in [-0.15, -0.1) is 0 Å². The number of aliphatic hydroxyl groups is 1. The van der Waals surface area contributed by atoms with Crippen molar-refractivity contribution in [3.05, 3.63) is 59.4 Å². The molecule has 28 heavy (non-hydrogen) atoms. The van der Waals surface area contributed by atoms with Crippen LogP contribution in [0.1, 0.15) is 29.6 Å². The lowest BCUT2D eigenvalue weighted by atomic mass is 9.87. The van der Waals surface area contributed by atoms with Crippen molar-refractivity contribution < 1.29 is 19.0 Å². The van der Waals surface area contributed by atoms with E-state index >= 15 is 0 Å². The Morgan fingerprint density at radius 3 is 2.86 bits per heavy atom. The van der Waals surface area contributed by atoms with E-state index < -0.39 is 0 Å². The molecule has 4 atom stereocenters. The molecule has 0 aromatic heterocycles. The van der Waals surface area contributed by atoms with Gasteiger partial charge in [0.05, 0.1) is 31.5 Å². The van der Waals surface area contributed by atoms with E-state index in [1.165, 1.54) is 11.6 Å². The monoisotopic (exact) mass is 384 g/mol. The maximum atomic E-state index is 14.0. The van der Waals surface area contributed by atoms with Crippen molar-refractivity contribution in [2.24, 2.45) is 0 Å². The number of halogens is 1. The van der Waals surface area contributed by atoms with Gasteiger partial charge in [-0.3, -0.25) is 4.90 Å². The van der Waals surface area contributed by atoms with Gasteiger partial charge in [0, 0.05) is 42.5 Å². The Kier molecular flexibility index (Phi) is 4.80. The van der Waals surface area contributed by atoms with Crippen LogP contribution in [0.4, 0.5) is 15.8 Å². The summed E-state index contributed by atoms with van der Waals surface area (Å²) in [6.07, 6.45) is 0.664. The van der Waals surface area contributed by atoms with E-state index in [1.54, 1.807) is 12.1 Å². The highest BCUT2D eigenvalue weighted by Gasteiger charge is 2.41. The van der Waals surface area contributed by atoms with E-state index in [-0.39, 0.29) is 36.7 Å². The Balaban J connectivity index is 1.43. The van der Waals surface area contributed by atoms with E-state index in [0.717, 1.165) is 43.0 Å². The maximum Gasteiger partial charge on any atom is 0.123 e. The predicted molar refractivity (Wildman–Crippen MR) is 104 cm³/mol. The Morgan fingerprint density at radius 1 is 1.11 bits per heavy atom. The Hall–Kier alpha value is -1.99. The molecule has 148 valence electrons. The summed E-state index contributed by atoms with van der Waals surface area (Å²) in [6.45, 7) is 3.03. The van der Waals surface area contributed by atoms with Gasteiger partial charge in [-0.1, -0.05) is 18.2 Å². The Labute approximate surface area is 164 Å². The van der Waals surface area contributed by atoms with Crippen molar-refractivity contribution in [1.82, 2.24) is 4.90 Å². The van der Waals surface area contributed by atoms with Gasteiger partial charge in [0.15, 0.2) is 0 Å². The SMILES string of the molecule is OCC1CN(CC2CC3c4ccccc4Nc4ccc(F)cc4C3O2)CCO1. The van der Waals surface area contributed by atoms with E-state index in [2.05, 4.69) is 28.4 Å². The topological polar surface area (TPSA) is 54.0 Å². The number of nitrogens with zero attached hydrogens (tertiary/aromatic N) is 1. The highest BCUT2D eigenvalue weighted by Crippen LogP contribution is 2.51. The fourth-order valence-corrected chi connectivity index (χ4v) is 4.77. The number of hydrogen-bond donors (Lipinski definition) is 2. The highest BCUT2D eigenvalue weighted by atomic mass is 19.1. The second-order valence-electron chi connectivity index (χ2n) is 7.90. The quantitative estimate of drug-likeness (QED) is 0.851. The number of morpholine rings is 1. The van der Waals surface area contributed by atoms with Crippen LogP contribution in [0.25, 0.3) is 0 Å². The van der Waals surface area contributed by atoms with Gasteiger partial charge < -0.3 is 19.9 Å². The number of hydrogen-bond acceptors (Lipinski definition) is 5. The third-order valence-electron chi connectivity index (χ3n) is 6.06. The molecule has 6 heteroatoms. The van der Waals surface area contributed by atoms with E-state index in [0.29, 0.717) is 6.61 Å². The first-order valence-electron chi connectivity index (χ1n) is 9.97. The molecule has 2 saturated heterocycles. The molecule has 2 N–H and O–H groups in total. The summed E-state index contributed by atoms with van der Waals surface area (Å²) in [5.41, 5.74) is 4.09. The summed E-state index contributed by atoms with van der Waals surface area (Å²) < 4.78 is 26.1. The summed E-state index contributed by atoms with van der Waals surface area (Å²) in [4.78, 5) is 2.30. The molecule has 0 radical (unpaired) electrons. The molecule has 2 aromatic carbocycles. The molecule has 4 unspecified atom stereocenters. The van der Waals surface area contributed by atoms with Crippen LogP contribution in [0.15, 0.2) is 42.5 Å². The van der Waals surface area contributed by atoms with Gasteiger partial charge in [0.2, 0.25) is 0 Å². The molecule has 5 nitrogen and oxygen atoms in total. The molecule has 2 aromatic rings. The second-order valence-corrected chi connectivity index (χ2v) is 7.90. The lowest BCUT2D eigenvalue weighted by molar-refractivity contribution is -0.0677. The van der Waals surface area contributed by atoms with Crippen molar-refractivity contribution in [2.75, 3.05) is 38.2 Å². The molecule has 3 heterocycles. The number of ether oxygens (including phenoxy) is 2. The second kappa shape index (κ2) is 7.44. The van der Waals surface area contributed by atoms with Gasteiger partial charge in [-0.25, -0.2) is 4.39 Å². The molecule has 2 fully saturated rings. The summed E-state index contributed by atoms with van der Waals surface area (Å²) >= 11 is 0. The first kappa shape index (κ1) is 18.1. The first-order chi connectivity index (χ1) is 13.7. The van der Waals surface area contributed by atoms with E-state index in [9.17, 15) is 9.50 Å². The van der Waals surface area contributed by atoms with Crippen molar-refractivity contribution in [3.63, 3.8) is 0 Å². The van der Waals surface area contributed by atoms with Crippen LogP contribution in [0.2, 0.25) is 0 Å². The first-order valence-corrected chi connectivity index (χ1v) is 9.97. The van der Waals surface area contributed by atoms with Crippen LogP contribution in [0, 0.1) is 5.82 Å². The lowest BCUT2D eigenvalue weighted by Crippen LogP contribution is -2.46. The highest BCUT2D eigenvalue weighted by molar-refractivity contribution is 5.70. The summed E-state index contributed by atoms with van der Waals surface area (Å²) in [5, 5.41) is 12.9. The fourth-order valence-electron chi connectivity index (χ4n) is 4.77. The molecular weight excluding hydrogens is 359 g/mol. The molecule has 0 spiro atoms. The van der Waals surface area contributed by atoms with Gasteiger partial charge in [0.1, 0.15) is 5.82 Å². The fraction of sp³-hybridized carbons (Fsp3) is 0.455. The molecule has 5 rings (SSSR count). The molecule has 3 aliphatic heterocycles. The number of benzene rings is 2. The smallest absolute Gasteiger partial charge is 0.123 e. The van der Waals surface area contributed by atoms with Crippen molar-refractivity contribution in [2.45, 2.75) is 30.7 Å². The van der Waals surface area contributed by atoms with Crippen LogP contribution >= 0.6 is 0 Å². The van der Waals surface area contributed by atoms with Gasteiger partial charge in [0.25, 0.3) is 0 Å². The zero-order chi connectivity index (χ0) is 19.1. The molecule has 3 aliphatic rings. The summed E-state index contributed by atoms with van der Waals surface area (Å²) in [5.74, 6) is -0.0531. The number of anilines is 2. The Morgan fingerprint density at radius 2 is 1.96 bits per heavy atom.